The third-order valence-electron chi connectivity index (χ3n) is 4.53. The van der Waals surface area contributed by atoms with Gasteiger partial charge in [-0.25, -0.2) is 0 Å². The van der Waals surface area contributed by atoms with Crippen LogP contribution >= 0.6 is 0 Å². The Bertz CT molecular complexity index is 637. The molecule has 0 spiro atoms. The smallest absolute Gasteiger partial charge is 0.122 e. The Kier molecular flexibility index (Phi) is 6.83. The van der Waals surface area contributed by atoms with Gasteiger partial charge in [0, 0.05) is 12.6 Å². The normalized spacial score (nSPS) is 13.5. The van der Waals surface area contributed by atoms with Gasteiger partial charge in [0.25, 0.3) is 0 Å². The van der Waals surface area contributed by atoms with Gasteiger partial charge in [-0.15, -0.1) is 0 Å². The van der Waals surface area contributed by atoms with Crippen molar-refractivity contribution in [2.75, 3.05) is 13.2 Å². The van der Waals surface area contributed by atoms with Gasteiger partial charge >= 0.3 is 0 Å². The molecule has 0 aromatic heterocycles. The number of benzene rings is 2. The Morgan fingerprint density at radius 3 is 2.46 bits per heavy atom. The van der Waals surface area contributed by atoms with Crippen LogP contribution in [0.2, 0.25) is 0 Å². The Morgan fingerprint density at radius 1 is 1.08 bits per heavy atom. The van der Waals surface area contributed by atoms with Crippen molar-refractivity contribution in [2.24, 2.45) is 0 Å². The van der Waals surface area contributed by atoms with E-state index in [1.165, 1.54) is 16.7 Å². The molecule has 0 heterocycles. The van der Waals surface area contributed by atoms with Gasteiger partial charge in [-0.3, -0.25) is 0 Å². The standard InChI is InChI=1S/C21H29NO2/c1-5-18-9-11-19(12-10-18)17(4)22-13-20(23)14-24-21-8-6-7-15(2)16(21)3/h6-12,17,20,22-23H,5,13-14H2,1-4H3. The Balaban J connectivity index is 1.79. The van der Waals surface area contributed by atoms with Crippen LogP contribution in [-0.4, -0.2) is 24.4 Å². The summed E-state index contributed by atoms with van der Waals surface area (Å²) in [6.45, 7) is 9.16. The molecule has 2 aromatic rings. The summed E-state index contributed by atoms with van der Waals surface area (Å²) in [7, 11) is 0. The van der Waals surface area contributed by atoms with Gasteiger partial charge in [0.1, 0.15) is 18.5 Å². The van der Waals surface area contributed by atoms with Crippen LogP contribution in [0.25, 0.3) is 0 Å². The molecule has 0 saturated heterocycles. The molecule has 0 fully saturated rings. The second-order valence-corrected chi connectivity index (χ2v) is 6.39. The fraction of sp³-hybridized carbons (Fsp3) is 0.429. The number of nitrogens with one attached hydrogen (secondary N) is 1. The maximum absolute atomic E-state index is 10.2. The molecule has 0 amide bonds. The topological polar surface area (TPSA) is 41.5 Å². The summed E-state index contributed by atoms with van der Waals surface area (Å²) in [4.78, 5) is 0. The van der Waals surface area contributed by atoms with Gasteiger partial charge in [-0.1, -0.05) is 43.3 Å². The molecule has 2 aromatic carbocycles. The Labute approximate surface area is 145 Å². The molecule has 24 heavy (non-hydrogen) atoms. The molecule has 0 aliphatic heterocycles. The van der Waals surface area contributed by atoms with Crippen molar-refractivity contribution in [3.8, 4) is 5.75 Å². The lowest BCUT2D eigenvalue weighted by molar-refractivity contribution is 0.104. The number of aliphatic hydroxyl groups is 1. The highest BCUT2D eigenvalue weighted by atomic mass is 16.5. The average Bonchev–Trinajstić information content (AvgIpc) is 2.61. The number of aliphatic hydroxyl groups excluding tert-OH is 1. The molecule has 0 bridgehead atoms. The summed E-state index contributed by atoms with van der Waals surface area (Å²) >= 11 is 0. The summed E-state index contributed by atoms with van der Waals surface area (Å²) in [5.41, 5.74) is 4.90. The van der Waals surface area contributed by atoms with Crippen LogP contribution in [0.3, 0.4) is 0 Å². The summed E-state index contributed by atoms with van der Waals surface area (Å²) in [5, 5.41) is 13.5. The zero-order valence-corrected chi connectivity index (χ0v) is 15.2. The molecule has 2 rings (SSSR count). The monoisotopic (exact) mass is 327 g/mol. The molecule has 130 valence electrons. The molecule has 2 atom stereocenters. The van der Waals surface area contributed by atoms with E-state index < -0.39 is 6.10 Å². The molecule has 3 nitrogen and oxygen atoms in total. The third kappa shape index (κ3) is 5.08. The second-order valence-electron chi connectivity index (χ2n) is 6.39. The minimum Gasteiger partial charge on any atom is -0.491 e. The minimum absolute atomic E-state index is 0.200. The van der Waals surface area contributed by atoms with Gasteiger partial charge in [0.05, 0.1) is 0 Å². The zero-order chi connectivity index (χ0) is 17.5. The predicted octanol–water partition coefficient (Wildman–Crippen LogP) is 3.96. The van der Waals surface area contributed by atoms with Gasteiger partial charge in [0.15, 0.2) is 0 Å². The van der Waals surface area contributed by atoms with Crippen molar-refractivity contribution < 1.29 is 9.84 Å². The predicted molar refractivity (Wildman–Crippen MR) is 99.7 cm³/mol. The SMILES string of the molecule is CCc1ccc(C(C)NCC(O)COc2cccc(C)c2C)cc1. The van der Waals surface area contributed by atoms with E-state index in [9.17, 15) is 5.11 Å². The lowest BCUT2D eigenvalue weighted by Gasteiger charge is -2.19. The molecule has 0 radical (unpaired) electrons. The lowest BCUT2D eigenvalue weighted by atomic mass is 10.0. The van der Waals surface area contributed by atoms with E-state index in [4.69, 9.17) is 4.74 Å². The fourth-order valence-corrected chi connectivity index (χ4v) is 2.60. The van der Waals surface area contributed by atoms with Gasteiger partial charge in [-0.05, 0) is 55.5 Å². The largest absolute Gasteiger partial charge is 0.491 e. The third-order valence-corrected chi connectivity index (χ3v) is 4.53. The molecular weight excluding hydrogens is 298 g/mol. The maximum Gasteiger partial charge on any atom is 0.122 e. The van der Waals surface area contributed by atoms with E-state index in [1.54, 1.807) is 0 Å². The fourth-order valence-electron chi connectivity index (χ4n) is 2.60. The van der Waals surface area contributed by atoms with E-state index in [0.29, 0.717) is 13.2 Å². The quantitative estimate of drug-likeness (QED) is 0.771. The number of ether oxygens (including phenoxy) is 1. The van der Waals surface area contributed by atoms with E-state index in [-0.39, 0.29) is 6.04 Å². The molecular formula is C21H29NO2. The van der Waals surface area contributed by atoms with Crippen LogP contribution in [0, 0.1) is 13.8 Å². The van der Waals surface area contributed by atoms with Crippen molar-refractivity contribution in [2.45, 2.75) is 46.3 Å². The lowest BCUT2D eigenvalue weighted by Crippen LogP contribution is -2.33. The number of aryl methyl sites for hydroxylation is 2. The second kappa shape index (κ2) is 8.86. The van der Waals surface area contributed by atoms with Gasteiger partial charge < -0.3 is 15.2 Å². The van der Waals surface area contributed by atoms with Crippen molar-refractivity contribution in [1.29, 1.82) is 0 Å². The molecule has 0 aliphatic carbocycles. The number of hydrogen-bond acceptors (Lipinski definition) is 3. The first-order valence-corrected chi connectivity index (χ1v) is 8.70. The highest BCUT2D eigenvalue weighted by molar-refractivity contribution is 5.38. The first-order chi connectivity index (χ1) is 11.5. The van der Waals surface area contributed by atoms with Crippen LogP contribution in [0.4, 0.5) is 0 Å². The van der Waals surface area contributed by atoms with E-state index in [1.807, 2.05) is 19.1 Å². The van der Waals surface area contributed by atoms with Crippen LogP contribution in [-0.2, 0) is 6.42 Å². The van der Waals surface area contributed by atoms with Crippen LogP contribution in [0.15, 0.2) is 42.5 Å². The summed E-state index contributed by atoms with van der Waals surface area (Å²) in [5.74, 6) is 0.845. The highest BCUT2D eigenvalue weighted by Crippen LogP contribution is 2.20. The van der Waals surface area contributed by atoms with Crippen LogP contribution in [0.1, 0.15) is 42.1 Å². The maximum atomic E-state index is 10.2. The van der Waals surface area contributed by atoms with E-state index >= 15 is 0 Å². The number of hydrogen-bond donors (Lipinski definition) is 2. The molecule has 0 saturated carbocycles. The van der Waals surface area contributed by atoms with Gasteiger partial charge in [0.2, 0.25) is 0 Å². The molecule has 0 aliphatic rings. The first-order valence-electron chi connectivity index (χ1n) is 8.70. The van der Waals surface area contributed by atoms with E-state index in [0.717, 1.165) is 17.7 Å². The zero-order valence-electron chi connectivity index (χ0n) is 15.2. The first kappa shape index (κ1) is 18.5. The Morgan fingerprint density at radius 2 is 1.79 bits per heavy atom. The highest BCUT2D eigenvalue weighted by Gasteiger charge is 2.10. The summed E-state index contributed by atoms with van der Waals surface area (Å²) in [6.07, 6.45) is 0.513. The molecule has 3 heteroatoms. The minimum atomic E-state index is -0.540. The van der Waals surface area contributed by atoms with Crippen LogP contribution < -0.4 is 10.1 Å². The molecule has 2 unspecified atom stereocenters. The summed E-state index contributed by atoms with van der Waals surface area (Å²) in [6, 6.07) is 14.8. The van der Waals surface area contributed by atoms with Crippen molar-refractivity contribution in [3.63, 3.8) is 0 Å². The number of rotatable bonds is 8. The van der Waals surface area contributed by atoms with Gasteiger partial charge in [-0.2, -0.15) is 0 Å². The van der Waals surface area contributed by atoms with E-state index in [2.05, 4.69) is 56.4 Å². The summed E-state index contributed by atoms with van der Waals surface area (Å²) < 4.78 is 5.76. The van der Waals surface area contributed by atoms with Crippen LogP contribution in [0.5, 0.6) is 5.75 Å². The molecule has 2 N–H and O–H groups in total. The van der Waals surface area contributed by atoms with Crippen molar-refractivity contribution >= 4 is 0 Å². The average molecular weight is 327 g/mol. The van der Waals surface area contributed by atoms with Crippen molar-refractivity contribution in [3.05, 3.63) is 64.7 Å². The van der Waals surface area contributed by atoms with Crippen molar-refractivity contribution in [1.82, 2.24) is 5.32 Å². The Hall–Kier alpha value is -1.84.